The largest absolute Gasteiger partial charge is 0.462 e. The van der Waals surface area contributed by atoms with Gasteiger partial charge in [0.15, 0.2) is 6.10 Å². The molecular weight excluding hydrogens is 853 g/mol. The normalized spacial score (nSPS) is 12.9. The van der Waals surface area contributed by atoms with Crippen LogP contribution in [-0.4, -0.2) is 37.2 Å². The molecular formula is C63H104O6. The lowest BCUT2D eigenvalue weighted by molar-refractivity contribution is -0.167. The predicted octanol–water partition coefficient (Wildman–Crippen LogP) is 19.1. The minimum Gasteiger partial charge on any atom is -0.462 e. The van der Waals surface area contributed by atoms with Crippen LogP contribution in [0, 0.1) is 0 Å². The van der Waals surface area contributed by atoms with Gasteiger partial charge in [0.05, 0.1) is 0 Å². The van der Waals surface area contributed by atoms with Crippen LogP contribution in [0.3, 0.4) is 0 Å². The summed E-state index contributed by atoms with van der Waals surface area (Å²) in [5.41, 5.74) is 0. The lowest BCUT2D eigenvalue weighted by atomic mass is 10.1. The van der Waals surface area contributed by atoms with Crippen molar-refractivity contribution in [2.45, 2.75) is 258 Å². The molecule has 0 saturated heterocycles. The highest BCUT2D eigenvalue weighted by Gasteiger charge is 2.19. The number of unbranched alkanes of at least 4 members (excludes halogenated alkanes) is 25. The van der Waals surface area contributed by atoms with Crippen molar-refractivity contribution in [3.63, 3.8) is 0 Å². The minimum absolute atomic E-state index is 0.0966. The maximum Gasteiger partial charge on any atom is 0.306 e. The van der Waals surface area contributed by atoms with Crippen LogP contribution in [0.1, 0.15) is 252 Å². The van der Waals surface area contributed by atoms with E-state index in [9.17, 15) is 14.4 Å². The number of rotatable bonds is 50. The summed E-state index contributed by atoms with van der Waals surface area (Å²) < 4.78 is 16.8. The number of carbonyl (C=O) groups excluding carboxylic acids is 3. The monoisotopic (exact) mass is 957 g/mol. The first-order valence-electron chi connectivity index (χ1n) is 28.5. The molecule has 392 valence electrons. The molecule has 0 heterocycles. The van der Waals surface area contributed by atoms with Gasteiger partial charge in [-0.05, 0) is 96.3 Å². The highest BCUT2D eigenvalue weighted by atomic mass is 16.6. The van der Waals surface area contributed by atoms with E-state index in [1.807, 2.05) is 24.3 Å². The molecule has 69 heavy (non-hydrogen) atoms. The topological polar surface area (TPSA) is 78.9 Å². The van der Waals surface area contributed by atoms with Crippen molar-refractivity contribution in [1.82, 2.24) is 0 Å². The van der Waals surface area contributed by atoms with Crippen LogP contribution in [0.15, 0.2) is 109 Å². The molecule has 6 heteroatoms. The Bertz CT molecular complexity index is 1420. The number of allylic oxidation sites excluding steroid dienone is 18. The zero-order valence-electron chi connectivity index (χ0n) is 44.8. The average Bonchev–Trinajstić information content (AvgIpc) is 3.35. The zero-order valence-corrected chi connectivity index (χ0v) is 44.8. The van der Waals surface area contributed by atoms with Crippen LogP contribution in [0.25, 0.3) is 0 Å². The molecule has 0 radical (unpaired) electrons. The summed E-state index contributed by atoms with van der Waals surface area (Å²) in [6.07, 6.45) is 76.4. The standard InChI is InChI=1S/C63H104O6/c1-4-7-10-13-16-19-22-25-28-31-33-35-38-41-44-47-50-53-56-62(65)68-59-60(58-67-61(64)55-52-49-46-43-40-37-34-30-27-24-21-18-15-12-9-6-3)69-63(66)57-54-51-48-45-42-39-36-32-29-26-23-20-17-14-11-8-5-2/h9-10,12-13,16,18-19,21-22,25-31,33,35,60H,4-8,11,14-15,17,20,23-24,32,34,36-59H2,1-3H3/b12-9-,13-10-,19-16-,21-18-,25-22-,29-26-,30-27-,31-28-,35-33-. The second kappa shape index (κ2) is 56.7. The SMILES string of the molecule is CC/C=C\C/C=C\C/C=C\CCCCCCCCC(=O)OCC(COC(=O)CCCCCCC\C=C/C=C\C=C/C=C\C=C/CCC)OC(=O)CCCCCCCCC/C=C\CCCCCCCC. The van der Waals surface area contributed by atoms with Gasteiger partial charge < -0.3 is 14.2 Å². The highest BCUT2D eigenvalue weighted by molar-refractivity contribution is 5.71. The van der Waals surface area contributed by atoms with Crippen molar-refractivity contribution in [3.05, 3.63) is 109 Å². The molecule has 0 aliphatic rings. The fraction of sp³-hybridized carbons (Fsp3) is 0.667. The van der Waals surface area contributed by atoms with Gasteiger partial charge in [-0.15, -0.1) is 0 Å². The van der Waals surface area contributed by atoms with Gasteiger partial charge in [-0.3, -0.25) is 14.4 Å². The molecule has 0 saturated carbocycles. The molecule has 6 nitrogen and oxygen atoms in total. The second-order valence-electron chi connectivity index (χ2n) is 18.6. The van der Waals surface area contributed by atoms with Crippen LogP contribution in [0.4, 0.5) is 0 Å². The van der Waals surface area contributed by atoms with Crippen LogP contribution in [0.5, 0.6) is 0 Å². The molecule has 0 fully saturated rings. The van der Waals surface area contributed by atoms with Gasteiger partial charge >= 0.3 is 17.9 Å². The van der Waals surface area contributed by atoms with Gasteiger partial charge in [0.2, 0.25) is 0 Å². The predicted molar refractivity (Wildman–Crippen MR) is 297 cm³/mol. The number of hydrogen-bond donors (Lipinski definition) is 0. The Morgan fingerprint density at radius 1 is 0.319 bits per heavy atom. The number of esters is 3. The molecule has 0 amide bonds. The third-order valence-electron chi connectivity index (χ3n) is 11.8. The maximum absolute atomic E-state index is 12.9. The van der Waals surface area contributed by atoms with Crippen LogP contribution in [-0.2, 0) is 28.6 Å². The Morgan fingerprint density at radius 3 is 1.09 bits per heavy atom. The van der Waals surface area contributed by atoms with Crippen LogP contribution < -0.4 is 0 Å². The van der Waals surface area contributed by atoms with Gasteiger partial charge in [-0.25, -0.2) is 0 Å². The van der Waals surface area contributed by atoms with E-state index in [0.717, 1.165) is 116 Å². The highest BCUT2D eigenvalue weighted by Crippen LogP contribution is 2.14. The summed E-state index contributed by atoms with van der Waals surface area (Å²) in [5, 5.41) is 0. The van der Waals surface area contributed by atoms with Crippen LogP contribution in [0.2, 0.25) is 0 Å². The summed E-state index contributed by atoms with van der Waals surface area (Å²) in [6.45, 7) is 6.40. The summed E-state index contributed by atoms with van der Waals surface area (Å²) in [5.74, 6) is -0.937. The first-order chi connectivity index (χ1) is 34.0. The zero-order chi connectivity index (χ0) is 50.0. The molecule has 0 aliphatic carbocycles. The van der Waals surface area contributed by atoms with Crippen molar-refractivity contribution in [3.8, 4) is 0 Å². The minimum atomic E-state index is -0.799. The Kier molecular flexibility index (Phi) is 53.4. The molecule has 0 aromatic heterocycles. The van der Waals surface area contributed by atoms with Gasteiger partial charge in [0.25, 0.3) is 0 Å². The van der Waals surface area contributed by atoms with Crippen molar-refractivity contribution in [1.29, 1.82) is 0 Å². The summed E-state index contributed by atoms with van der Waals surface area (Å²) in [4.78, 5) is 38.2. The number of hydrogen-bond acceptors (Lipinski definition) is 6. The van der Waals surface area contributed by atoms with E-state index in [2.05, 4.69) is 106 Å². The Labute approximate surface area is 425 Å². The Hall–Kier alpha value is -3.93. The molecule has 1 atom stereocenters. The van der Waals surface area contributed by atoms with Crippen molar-refractivity contribution in [2.75, 3.05) is 13.2 Å². The molecule has 0 N–H and O–H groups in total. The molecule has 0 aliphatic heterocycles. The van der Waals surface area contributed by atoms with Gasteiger partial charge in [0.1, 0.15) is 13.2 Å². The third kappa shape index (κ3) is 54.9. The molecule has 0 aromatic carbocycles. The van der Waals surface area contributed by atoms with Crippen molar-refractivity contribution < 1.29 is 28.6 Å². The Morgan fingerprint density at radius 2 is 0.652 bits per heavy atom. The molecule has 0 spiro atoms. The van der Waals surface area contributed by atoms with E-state index in [0.29, 0.717) is 19.3 Å². The maximum atomic E-state index is 12.9. The van der Waals surface area contributed by atoms with Crippen molar-refractivity contribution >= 4 is 17.9 Å². The van der Waals surface area contributed by atoms with Gasteiger partial charge in [-0.1, -0.05) is 246 Å². The average molecular weight is 958 g/mol. The second-order valence-corrected chi connectivity index (χ2v) is 18.6. The van der Waals surface area contributed by atoms with Crippen molar-refractivity contribution in [2.24, 2.45) is 0 Å². The van der Waals surface area contributed by atoms with Gasteiger partial charge in [-0.2, -0.15) is 0 Å². The quantitative estimate of drug-likeness (QED) is 0.0199. The lowest BCUT2D eigenvalue weighted by Crippen LogP contribution is -2.30. The summed E-state index contributed by atoms with van der Waals surface area (Å²) in [6, 6.07) is 0. The van der Waals surface area contributed by atoms with E-state index in [1.165, 1.54) is 96.3 Å². The lowest BCUT2D eigenvalue weighted by Gasteiger charge is -2.18. The van der Waals surface area contributed by atoms with E-state index in [4.69, 9.17) is 14.2 Å². The first-order valence-corrected chi connectivity index (χ1v) is 28.5. The molecule has 0 aromatic rings. The first kappa shape index (κ1) is 65.1. The number of ether oxygens (including phenoxy) is 3. The Balaban J connectivity index is 4.48. The van der Waals surface area contributed by atoms with E-state index < -0.39 is 6.10 Å². The molecule has 1 unspecified atom stereocenters. The molecule has 0 bridgehead atoms. The van der Waals surface area contributed by atoms with Crippen LogP contribution >= 0.6 is 0 Å². The summed E-state index contributed by atoms with van der Waals surface area (Å²) >= 11 is 0. The fourth-order valence-electron chi connectivity index (χ4n) is 7.60. The summed E-state index contributed by atoms with van der Waals surface area (Å²) in [7, 11) is 0. The smallest absolute Gasteiger partial charge is 0.306 e. The van der Waals surface area contributed by atoms with E-state index in [1.54, 1.807) is 0 Å². The van der Waals surface area contributed by atoms with Gasteiger partial charge in [0, 0.05) is 19.3 Å². The third-order valence-corrected chi connectivity index (χ3v) is 11.8. The van der Waals surface area contributed by atoms with E-state index >= 15 is 0 Å². The van der Waals surface area contributed by atoms with E-state index in [-0.39, 0.29) is 31.1 Å². The fourth-order valence-corrected chi connectivity index (χ4v) is 7.60. The number of carbonyl (C=O) groups is 3. The molecule has 0 rings (SSSR count).